The van der Waals surface area contributed by atoms with Crippen LogP contribution >= 0.6 is 0 Å². The third kappa shape index (κ3) is 3.78. The quantitative estimate of drug-likeness (QED) is 0.696. The first kappa shape index (κ1) is 15.9. The first-order valence-electron chi connectivity index (χ1n) is 8.09. The lowest BCUT2D eigenvalue weighted by Crippen LogP contribution is -2.12. The Bertz CT molecular complexity index is 546. The van der Waals surface area contributed by atoms with Crippen LogP contribution in [-0.4, -0.2) is 9.97 Å². The summed E-state index contributed by atoms with van der Waals surface area (Å²) in [5.74, 6) is 0.355. The molecule has 1 unspecified atom stereocenters. The van der Waals surface area contributed by atoms with Gasteiger partial charge in [-0.15, -0.1) is 0 Å². The highest BCUT2D eigenvalue weighted by atomic mass is 19.1. The normalized spacial score (nSPS) is 15.9. The molecule has 1 aliphatic carbocycles. The zero-order valence-corrected chi connectivity index (χ0v) is 13.3. The number of hydrogen-bond acceptors (Lipinski definition) is 2. The van der Waals surface area contributed by atoms with Crippen LogP contribution in [0.25, 0.3) is 0 Å². The molecule has 0 radical (unpaired) electrons. The zero-order valence-electron chi connectivity index (χ0n) is 13.3. The lowest BCUT2D eigenvalue weighted by molar-refractivity contribution is 0.538. The minimum absolute atomic E-state index is 0.0577. The monoisotopic (exact) mass is 288 g/mol. The van der Waals surface area contributed by atoms with Crippen molar-refractivity contribution in [1.82, 2.24) is 9.97 Å². The minimum Gasteiger partial charge on any atom is -0.237 e. The van der Waals surface area contributed by atoms with Crippen molar-refractivity contribution >= 4 is 0 Å². The van der Waals surface area contributed by atoms with Gasteiger partial charge < -0.3 is 0 Å². The molecular formula is C18H25FN2. The highest BCUT2D eigenvalue weighted by Gasteiger charge is 2.19. The van der Waals surface area contributed by atoms with E-state index in [1.807, 2.05) is 0 Å². The van der Waals surface area contributed by atoms with Crippen molar-refractivity contribution in [3.63, 3.8) is 0 Å². The fourth-order valence-electron chi connectivity index (χ4n) is 2.76. The van der Waals surface area contributed by atoms with Gasteiger partial charge in [-0.2, -0.15) is 4.39 Å². The minimum atomic E-state index is -0.322. The van der Waals surface area contributed by atoms with E-state index < -0.39 is 0 Å². The van der Waals surface area contributed by atoms with Crippen molar-refractivity contribution in [2.24, 2.45) is 0 Å². The Labute approximate surface area is 127 Å². The standard InChI is InChI=1S/C18H25FN2/c1-4-9-15-16(10-5-2)20-18(21-17(15)19)13(3)14-11-7-6-8-12-14/h7,11-13H,4-6,8-10H2,1-3H3. The number of nitrogens with zero attached hydrogens (tertiary/aromatic N) is 2. The molecule has 0 bridgehead atoms. The van der Waals surface area contributed by atoms with Crippen LogP contribution in [0.2, 0.25) is 0 Å². The van der Waals surface area contributed by atoms with E-state index in [4.69, 9.17) is 4.98 Å². The lowest BCUT2D eigenvalue weighted by Gasteiger charge is -2.17. The molecule has 0 aliphatic heterocycles. The molecule has 114 valence electrons. The van der Waals surface area contributed by atoms with Gasteiger partial charge in [0.1, 0.15) is 5.82 Å². The Hall–Kier alpha value is -1.51. The molecule has 1 aromatic heterocycles. The molecule has 0 spiro atoms. The molecule has 1 aliphatic rings. The van der Waals surface area contributed by atoms with Gasteiger partial charge in [0.2, 0.25) is 5.95 Å². The molecule has 0 aromatic carbocycles. The largest absolute Gasteiger partial charge is 0.237 e. The van der Waals surface area contributed by atoms with Crippen molar-refractivity contribution in [2.45, 2.75) is 65.2 Å². The maximum atomic E-state index is 14.4. The van der Waals surface area contributed by atoms with E-state index in [1.165, 1.54) is 5.57 Å². The Balaban J connectivity index is 2.35. The molecule has 3 heteroatoms. The molecule has 0 saturated heterocycles. The van der Waals surface area contributed by atoms with Gasteiger partial charge in [0, 0.05) is 11.5 Å². The molecule has 1 heterocycles. The molecule has 2 nitrogen and oxygen atoms in total. The third-order valence-corrected chi connectivity index (χ3v) is 3.96. The number of allylic oxidation sites excluding steroid dienone is 4. The van der Waals surface area contributed by atoms with Gasteiger partial charge in [-0.05, 0) is 31.3 Å². The third-order valence-electron chi connectivity index (χ3n) is 3.96. The van der Waals surface area contributed by atoms with E-state index in [2.05, 4.69) is 44.0 Å². The Morgan fingerprint density at radius 3 is 2.52 bits per heavy atom. The van der Waals surface area contributed by atoms with Gasteiger partial charge in [-0.3, -0.25) is 0 Å². The summed E-state index contributed by atoms with van der Waals surface area (Å²) in [6.07, 6.45) is 12.1. The Morgan fingerprint density at radius 1 is 1.14 bits per heavy atom. The molecule has 0 fully saturated rings. The Kier molecular flexibility index (Phi) is 5.66. The highest BCUT2D eigenvalue weighted by Crippen LogP contribution is 2.27. The van der Waals surface area contributed by atoms with Crippen LogP contribution in [0.3, 0.4) is 0 Å². The number of halogens is 1. The molecule has 2 rings (SSSR count). The SMILES string of the molecule is CCCc1nc(C(C)C2=CCCC=C2)nc(F)c1CCC. The zero-order chi connectivity index (χ0) is 15.2. The topological polar surface area (TPSA) is 25.8 Å². The Morgan fingerprint density at radius 2 is 1.90 bits per heavy atom. The number of aromatic nitrogens is 2. The predicted molar refractivity (Wildman–Crippen MR) is 84.9 cm³/mol. The van der Waals surface area contributed by atoms with Crippen LogP contribution in [0.15, 0.2) is 23.8 Å². The van der Waals surface area contributed by atoms with Crippen LogP contribution in [0.1, 0.15) is 69.5 Å². The van der Waals surface area contributed by atoms with Crippen molar-refractivity contribution in [3.05, 3.63) is 46.8 Å². The highest BCUT2D eigenvalue weighted by molar-refractivity contribution is 5.32. The van der Waals surface area contributed by atoms with Crippen molar-refractivity contribution in [3.8, 4) is 0 Å². The summed E-state index contributed by atoms with van der Waals surface area (Å²) in [6, 6.07) is 0. The van der Waals surface area contributed by atoms with Crippen LogP contribution in [-0.2, 0) is 12.8 Å². The second-order valence-corrected chi connectivity index (χ2v) is 5.70. The van der Waals surface area contributed by atoms with E-state index in [1.54, 1.807) is 0 Å². The average molecular weight is 288 g/mol. The molecule has 21 heavy (non-hydrogen) atoms. The summed E-state index contributed by atoms with van der Waals surface area (Å²) >= 11 is 0. The maximum absolute atomic E-state index is 14.4. The van der Waals surface area contributed by atoms with Gasteiger partial charge >= 0.3 is 0 Å². The first-order chi connectivity index (χ1) is 10.2. The molecular weight excluding hydrogens is 263 g/mol. The molecule has 0 amide bonds. The van der Waals surface area contributed by atoms with Crippen LogP contribution in [0, 0.1) is 5.95 Å². The van der Waals surface area contributed by atoms with Gasteiger partial charge in [0.05, 0.1) is 5.69 Å². The van der Waals surface area contributed by atoms with Gasteiger partial charge in [0.25, 0.3) is 0 Å². The van der Waals surface area contributed by atoms with Gasteiger partial charge in [-0.25, -0.2) is 9.97 Å². The summed E-state index contributed by atoms with van der Waals surface area (Å²) in [4.78, 5) is 8.85. The molecule has 0 saturated carbocycles. The van der Waals surface area contributed by atoms with Crippen molar-refractivity contribution < 1.29 is 4.39 Å². The first-order valence-corrected chi connectivity index (χ1v) is 8.09. The van der Waals surface area contributed by atoms with Crippen molar-refractivity contribution in [2.75, 3.05) is 0 Å². The van der Waals surface area contributed by atoms with E-state index in [0.29, 0.717) is 11.4 Å². The molecule has 0 N–H and O–H groups in total. The van der Waals surface area contributed by atoms with Crippen LogP contribution in [0.5, 0.6) is 0 Å². The second-order valence-electron chi connectivity index (χ2n) is 5.70. The predicted octanol–water partition coefficient (Wildman–Crippen LogP) is 4.90. The van der Waals surface area contributed by atoms with Crippen LogP contribution < -0.4 is 0 Å². The summed E-state index contributed by atoms with van der Waals surface area (Å²) < 4.78 is 14.4. The maximum Gasteiger partial charge on any atom is 0.219 e. The van der Waals surface area contributed by atoms with Crippen molar-refractivity contribution in [1.29, 1.82) is 0 Å². The average Bonchev–Trinajstić information content (AvgIpc) is 2.51. The second kappa shape index (κ2) is 7.48. The van der Waals surface area contributed by atoms with E-state index >= 15 is 0 Å². The summed E-state index contributed by atoms with van der Waals surface area (Å²) in [5.41, 5.74) is 2.81. The fourth-order valence-corrected chi connectivity index (χ4v) is 2.76. The number of aryl methyl sites for hydroxylation is 1. The number of rotatable bonds is 6. The van der Waals surface area contributed by atoms with E-state index in [-0.39, 0.29) is 11.9 Å². The summed E-state index contributed by atoms with van der Waals surface area (Å²) in [7, 11) is 0. The van der Waals surface area contributed by atoms with Crippen LogP contribution in [0.4, 0.5) is 4.39 Å². The van der Waals surface area contributed by atoms with E-state index in [9.17, 15) is 4.39 Å². The van der Waals surface area contributed by atoms with E-state index in [0.717, 1.165) is 44.2 Å². The summed E-state index contributed by atoms with van der Waals surface area (Å²) in [5, 5.41) is 0. The van der Waals surface area contributed by atoms with Gasteiger partial charge in [-0.1, -0.05) is 51.8 Å². The molecule has 1 atom stereocenters. The fraction of sp³-hybridized carbons (Fsp3) is 0.556. The lowest BCUT2D eigenvalue weighted by atomic mass is 9.94. The van der Waals surface area contributed by atoms with Gasteiger partial charge in [0.15, 0.2) is 0 Å². The summed E-state index contributed by atoms with van der Waals surface area (Å²) in [6.45, 7) is 6.22. The number of hydrogen-bond donors (Lipinski definition) is 0. The smallest absolute Gasteiger partial charge is 0.219 e. The molecule has 1 aromatic rings.